The minimum atomic E-state index is 0. The Morgan fingerprint density at radius 1 is 1.40 bits per heavy atom. The van der Waals surface area contributed by atoms with Gasteiger partial charge in [0.05, 0.1) is 0 Å². The third-order valence-electron chi connectivity index (χ3n) is 0. The van der Waals surface area contributed by atoms with Crippen molar-refractivity contribution >= 4 is 6.21 Å². The van der Waals surface area contributed by atoms with E-state index in [-0.39, 0.29) is 65.4 Å². The van der Waals surface area contributed by atoms with Crippen LogP contribution in [-0.2, 0) is 65.4 Å². The molecule has 0 saturated heterocycles. The zero-order chi connectivity index (χ0) is 2.71. The molecule has 0 rings (SSSR count). The van der Waals surface area contributed by atoms with Gasteiger partial charge < -0.3 is 11.6 Å². The van der Waals surface area contributed by atoms with Gasteiger partial charge in [-0.15, -0.1) is 0 Å². The minimum Gasteiger partial charge on any atom is -0.519 e. The van der Waals surface area contributed by atoms with Crippen LogP contribution in [0, 0.1) is 5.41 Å². The molecule has 0 aliphatic rings. The SMILES string of the molecule is C[C-]=N.[Y].[Y]. The summed E-state index contributed by atoms with van der Waals surface area (Å²) in [6.45, 7) is 1.54. The molecule has 1 nitrogen and oxygen atoms in total. The van der Waals surface area contributed by atoms with Crippen molar-refractivity contribution in [2.45, 2.75) is 6.92 Å². The van der Waals surface area contributed by atoms with Crippen LogP contribution >= 0.6 is 0 Å². The summed E-state index contributed by atoms with van der Waals surface area (Å²) in [6, 6.07) is 0. The molecular formula is C2H4NY2-. The van der Waals surface area contributed by atoms with Crippen LogP contribution in [0.5, 0.6) is 0 Å². The molecule has 2 radical (unpaired) electrons. The topological polar surface area (TPSA) is 23.9 Å². The van der Waals surface area contributed by atoms with E-state index in [1.165, 1.54) is 0 Å². The predicted octanol–water partition coefficient (Wildman–Crippen LogP) is 0.528. The molecule has 3 heteroatoms. The number of hydrogen-bond acceptors (Lipinski definition) is 1. The normalized spacial score (nSPS) is 2.60. The van der Waals surface area contributed by atoms with Crippen molar-refractivity contribution in [1.29, 1.82) is 5.41 Å². The van der Waals surface area contributed by atoms with Crippen molar-refractivity contribution < 1.29 is 65.4 Å². The van der Waals surface area contributed by atoms with Crippen LogP contribution < -0.4 is 0 Å². The standard InChI is InChI=1S/C2H4N.2Y/c1-2-3;;/h3H,1H3;;/q-1;;. The smallest absolute Gasteiger partial charge is 0 e. The first kappa shape index (κ1) is 15.8. The Bertz CT molecular complexity index is 15.1. The second kappa shape index (κ2) is 16.9. The number of nitrogens with one attached hydrogen (secondary N) is 1. The molecule has 0 aliphatic carbocycles. The average molecular weight is 220 g/mol. The Balaban J connectivity index is -0.0000000200. The summed E-state index contributed by atoms with van der Waals surface area (Å²) in [5.41, 5.74) is 0. The van der Waals surface area contributed by atoms with E-state index < -0.39 is 0 Å². The largest absolute Gasteiger partial charge is 0.519 e. The van der Waals surface area contributed by atoms with E-state index in [2.05, 4.69) is 0 Å². The maximum absolute atomic E-state index is 5.96. The number of hydrogen-bond donors (Lipinski definition) is 1. The van der Waals surface area contributed by atoms with Gasteiger partial charge in [-0.3, -0.25) is 0 Å². The molecular weight excluding hydrogens is 216 g/mol. The van der Waals surface area contributed by atoms with Gasteiger partial charge >= 0.3 is 0 Å². The van der Waals surface area contributed by atoms with Crippen LogP contribution in [0.1, 0.15) is 6.92 Å². The zero-order valence-corrected chi connectivity index (χ0v) is 8.83. The summed E-state index contributed by atoms with van der Waals surface area (Å²) in [5.74, 6) is 0. The summed E-state index contributed by atoms with van der Waals surface area (Å²) in [6.07, 6.45) is 2.00. The van der Waals surface area contributed by atoms with Gasteiger partial charge in [0, 0.05) is 65.4 Å². The Hall–Kier alpha value is 1.88. The summed E-state index contributed by atoms with van der Waals surface area (Å²) in [4.78, 5) is 0. The summed E-state index contributed by atoms with van der Waals surface area (Å²) < 4.78 is 0. The zero-order valence-electron chi connectivity index (χ0n) is 3.15. The Kier molecular flexibility index (Phi) is 53.4. The summed E-state index contributed by atoms with van der Waals surface area (Å²) in [5, 5.41) is 5.96. The molecule has 0 aromatic carbocycles. The molecule has 0 aromatic heterocycles. The Labute approximate surface area is 82.6 Å². The molecule has 0 aromatic rings. The van der Waals surface area contributed by atoms with Gasteiger partial charge in [-0.2, -0.15) is 6.92 Å². The molecule has 0 unspecified atom stereocenters. The van der Waals surface area contributed by atoms with Crippen molar-refractivity contribution in [3.8, 4) is 0 Å². The second-order valence-electron chi connectivity index (χ2n) is 0.250. The maximum atomic E-state index is 5.96. The molecule has 0 saturated carbocycles. The average Bonchev–Trinajstić information content (AvgIpc) is 0.918. The fourth-order valence-electron chi connectivity index (χ4n) is 0. The van der Waals surface area contributed by atoms with Crippen LogP contribution in [0.2, 0.25) is 0 Å². The summed E-state index contributed by atoms with van der Waals surface area (Å²) in [7, 11) is 0. The van der Waals surface area contributed by atoms with Gasteiger partial charge in [-0.25, -0.2) is 0 Å². The van der Waals surface area contributed by atoms with E-state index in [9.17, 15) is 0 Å². The van der Waals surface area contributed by atoms with Gasteiger partial charge in [0.15, 0.2) is 0 Å². The van der Waals surface area contributed by atoms with E-state index in [1.807, 2.05) is 6.21 Å². The molecule has 5 heavy (non-hydrogen) atoms. The molecule has 0 heterocycles. The van der Waals surface area contributed by atoms with Crippen molar-refractivity contribution in [2.75, 3.05) is 0 Å². The van der Waals surface area contributed by atoms with Crippen LogP contribution in [0.25, 0.3) is 0 Å². The minimum absolute atomic E-state index is 0. The third kappa shape index (κ3) is 25.1. The Morgan fingerprint density at radius 3 is 1.40 bits per heavy atom. The van der Waals surface area contributed by atoms with Crippen LogP contribution in [0.15, 0.2) is 0 Å². The molecule has 0 amide bonds. The van der Waals surface area contributed by atoms with Crippen molar-refractivity contribution in [3.05, 3.63) is 0 Å². The van der Waals surface area contributed by atoms with E-state index in [0.717, 1.165) is 0 Å². The van der Waals surface area contributed by atoms with Crippen molar-refractivity contribution in [1.82, 2.24) is 0 Å². The molecule has 0 fully saturated rings. The van der Waals surface area contributed by atoms with Gasteiger partial charge in [0.1, 0.15) is 0 Å². The van der Waals surface area contributed by atoms with Gasteiger partial charge in [0.25, 0.3) is 0 Å². The van der Waals surface area contributed by atoms with Gasteiger partial charge in [-0.1, -0.05) is 0 Å². The molecule has 0 bridgehead atoms. The maximum Gasteiger partial charge on any atom is 0 e. The quantitative estimate of drug-likeness (QED) is 0.454. The fraction of sp³-hybridized carbons (Fsp3) is 0.500. The van der Waals surface area contributed by atoms with Crippen LogP contribution in [0.3, 0.4) is 0 Å². The third-order valence-corrected chi connectivity index (χ3v) is 0. The molecule has 0 spiro atoms. The van der Waals surface area contributed by atoms with E-state index in [0.29, 0.717) is 0 Å². The summed E-state index contributed by atoms with van der Waals surface area (Å²) >= 11 is 0. The first-order chi connectivity index (χ1) is 1.41. The van der Waals surface area contributed by atoms with E-state index >= 15 is 0 Å². The van der Waals surface area contributed by atoms with Crippen molar-refractivity contribution in [2.24, 2.45) is 0 Å². The second-order valence-corrected chi connectivity index (χ2v) is 0.250. The Morgan fingerprint density at radius 2 is 1.40 bits per heavy atom. The first-order valence-electron chi connectivity index (χ1n) is 0.750. The number of rotatable bonds is 0. The molecule has 0 atom stereocenters. The van der Waals surface area contributed by atoms with Gasteiger partial charge in [0.2, 0.25) is 0 Å². The van der Waals surface area contributed by atoms with Gasteiger partial charge in [-0.05, 0) is 0 Å². The van der Waals surface area contributed by atoms with Crippen LogP contribution in [-0.4, -0.2) is 6.21 Å². The van der Waals surface area contributed by atoms with E-state index in [1.54, 1.807) is 6.92 Å². The predicted molar refractivity (Wildman–Crippen MR) is 13.4 cm³/mol. The molecule has 1 N–H and O–H groups in total. The first-order valence-corrected chi connectivity index (χ1v) is 0.750. The van der Waals surface area contributed by atoms with Crippen LogP contribution in [0.4, 0.5) is 0 Å². The molecule has 24 valence electrons. The monoisotopic (exact) mass is 220 g/mol. The molecule has 0 aliphatic heterocycles. The fourth-order valence-corrected chi connectivity index (χ4v) is 0. The van der Waals surface area contributed by atoms with E-state index in [4.69, 9.17) is 5.41 Å². The van der Waals surface area contributed by atoms with Crippen molar-refractivity contribution in [3.63, 3.8) is 0 Å².